The lowest BCUT2D eigenvalue weighted by Crippen LogP contribution is -2.48. The van der Waals surface area contributed by atoms with Crippen LogP contribution in [0.3, 0.4) is 0 Å². The highest BCUT2D eigenvalue weighted by Crippen LogP contribution is 2.34. The third kappa shape index (κ3) is 5.67. The second-order valence-electron chi connectivity index (χ2n) is 8.81. The molecule has 1 unspecified atom stereocenters. The maximum atomic E-state index is 13.6. The third-order valence-corrected chi connectivity index (χ3v) is 6.94. The molecule has 8 heteroatoms. The van der Waals surface area contributed by atoms with Crippen LogP contribution in [0.25, 0.3) is 0 Å². The van der Waals surface area contributed by atoms with Crippen LogP contribution in [-0.4, -0.2) is 47.9 Å². The van der Waals surface area contributed by atoms with Gasteiger partial charge in [0, 0.05) is 24.0 Å². The molecular weight excluding hydrogens is 455 g/mol. The number of carbonyl (C=O) groups excluding carboxylic acids is 2. The Morgan fingerprint density at radius 2 is 2.12 bits per heavy atom. The summed E-state index contributed by atoms with van der Waals surface area (Å²) in [6, 6.07) is 11.0. The van der Waals surface area contributed by atoms with Crippen LogP contribution >= 0.6 is 11.3 Å². The van der Waals surface area contributed by atoms with Crippen molar-refractivity contribution in [3.8, 4) is 5.75 Å². The molecule has 2 aromatic heterocycles. The fourth-order valence-corrected chi connectivity index (χ4v) is 5.01. The minimum absolute atomic E-state index is 0.0395. The number of nitrogens with zero attached hydrogens (tertiary/aromatic N) is 2. The number of hydrogen-bond donors (Lipinski definition) is 0. The quantitative estimate of drug-likeness (QED) is 0.420. The summed E-state index contributed by atoms with van der Waals surface area (Å²) >= 11 is 1.66. The fourth-order valence-electron chi connectivity index (χ4n) is 4.08. The summed E-state index contributed by atoms with van der Waals surface area (Å²) in [5.74, 6) is 0.219. The molecule has 0 N–H and O–H groups in total. The van der Waals surface area contributed by atoms with Crippen LogP contribution in [0, 0.1) is 11.7 Å². The maximum Gasteiger partial charge on any atom is 0.290 e. The molecule has 0 saturated heterocycles. The summed E-state index contributed by atoms with van der Waals surface area (Å²) in [6.07, 6.45) is 2.99. The average molecular weight is 485 g/mol. The summed E-state index contributed by atoms with van der Waals surface area (Å²) in [7, 11) is 0. The van der Waals surface area contributed by atoms with Gasteiger partial charge in [-0.1, -0.05) is 19.9 Å². The van der Waals surface area contributed by atoms with E-state index in [0.29, 0.717) is 24.8 Å². The smallest absolute Gasteiger partial charge is 0.290 e. The van der Waals surface area contributed by atoms with Crippen molar-refractivity contribution in [3.63, 3.8) is 0 Å². The van der Waals surface area contributed by atoms with Crippen LogP contribution in [-0.2, 0) is 11.2 Å². The summed E-state index contributed by atoms with van der Waals surface area (Å²) in [4.78, 5) is 31.1. The van der Waals surface area contributed by atoms with Crippen LogP contribution in [0.15, 0.2) is 58.5 Å². The van der Waals surface area contributed by atoms with Gasteiger partial charge in [0.2, 0.25) is 5.91 Å². The highest BCUT2D eigenvalue weighted by Gasteiger charge is 2.34. The van der Waals surface area contributed by atoms with Crippen molar-refractivity contribution in [3.05, 3.63) is 76.1 Å². The molecule has 0 spiro atoms. The van der Waals surface area contributed by atoms with E-state index in [1.165, 1.54) is 23.3 Å². The summed E-state index contributed by atoms with van der Waals surface area (Å²) in [5, 5.41) is 2.02. The summed E-state index contributed by atoms with van der Waals surface area (Å²) in [6.45, 7) is 5.33. The lowest BCUT2D eigenvalue weighted by atomic mass is 10.0. The molecule has 1 atom stereocenters. The molecule has 0 fully saturated rings. The standard InChI is InChI=1S/C26H29FN2O4S/c1-18(2)8-11-28(26(31)23-7-4-13-32-23)16-25(30)29-12-9-24-21(10-14-34-24)22(29)17-33-20-6-3-5-19(27)15-20/h3-7,10,13-15,18,22H,8-9,11-12,16-17H2,1-2H3. The van der Waals surface area contributed by atoms with E-state index in [4.69, 9.17) is 9.15 Å². The molecule has 0 saturated carbocycles. The number of ether oxygens (including phenoxy) is 1. The van der Waals surface area contributed by atoms with E-state index in [1.807, 2.05) is 11.4 Å². The van der Waals surface area contributed by atoms with Crippen LogP contribution < -0.4 is 4.74 Å². The monoisotopic (exact) mass is 484 g/mol. The first-order valence-electron chi connectivity index (χ1n) is 11.5. The van der Waals surface area contributed by atoms with Crippen LogP contribution in [0.5, 0.6) is 5.75 Å². The Bertz CT molecular complexity index is 1110. The number of rotatable bonds is 9. The van der Waals surface area contributed by atoms with Crippen LogP contribution in [0.1, 0.15) is 47.3 Å². The zero-order valence-electron chi connectivity index (χ0n) is 19.4. The molecule has 1 aliphatic rings. The number of halogens is 1. The number of hydrogen-bond acceptors (Lipinski definition) is 5. The van der Waals surface area contributed by atoms with Crippen molar-refractivity contribution in [2.75, 3.05) is 26.2 Å². The van der Waals surface area contributed by atoms with Gasteiger partial charge in [0.05, 0.1) is 12.3 Å². The molecule has 6 nitrogen and oxygen atoms in total. The maximum absolute atomic E-state index is 13.6. The van der Waals surface area contributed by atoms with E-state index in [-0.39, 0.29) is 42.6 Å². The molecule has 1 aliphatic heterocycles. The van der Waals surface area contributed by atoms with Crippen molar-refractivity contribution in [1.82, 2.24) is 9.80 Å². The van der Waals surface area contributed by atoms with Crippen molar-refractivity contribution in [2.45, 2.75) is 32.7 Å². The van der Waals surface area contributed by atoms with Gasteiger partial charge in [-0.3, -0.25) is 9.59 Å². The van der Waals surface area contributed by atoms with Crippen LogP contribution in [0.4, 0.5) is 4.39 Å². The van der Waals surface area contributed by atoms with E-state index in [1.54, 1.807) is 45.4 Å². The Morgan fingerprint density at radius 1 is 1.26 bits per heavy atom. The van der Waals surface area contributed by atoms with Gasteiger partial charge >= 0.3 is 0 Å². The van der Waals surface area contributed by atoms with Gasteiger partial charge in [-0.15, -0.1) is 11.3 Å². The highest BCUT2D eigenvalue weighted by atomic mass is 32.1. The molecule has 0 radical (unpaired) electrons. The van der Waals surface area contributed by atoms with E-state index < -0.39 is 0 Å². The predicted octanol–water partition coefficient (Wildman–Crippen LogP) is 5.17. The number of benzene rings is 1. The summed E-state index contributed by atoms with van der Waals surface area (Å²) in [5.41, 5.74) is 1.05. The molecule has 0 bridgehead atoms. The molecule has 180 valence electrons. The van der Waals surface area contributed by atoms with Gasteiger partial charge in [-0.25, -0.2) is 4.39 Å². The van der Waals surface area contributed by atoms with Crippen LogP contribution in [0.2, 0.25) is 0 Å². The summed E-state index contributed by atoms with van der Waals surface area (Å²) < 4.78 is 24.8. The van der Waals surface area contributed by atoms with Gasteiger partial charge in [-0.05, 0) is 60.0 Å². The number of fused-ring (bicyclic) bond motifs is 1. The van der Waals surface area contributed by atoms with Gasteiger partial charge in [0.25, 0.3) is 5.91 Å². The molecule has 3 heterocycles. The first-order valence-corrected chi connectivity index (χ1v) is 12.4. The Hall–Kier alpha value is -3.13. The zero-order chi connectivity index (χ0) is 24.1. The largest absolute Gasteiger partial charge is 0.491 e. The zero-order valence-corrected chi connectivity index (χ0v) is 20.2. The molecule has 1 aromatic carbocycles. The van der Waals surface area contributed by atoms with E-state index in [9.17, 15) is 14.0 Å². The first-order chi connectivity index (χ1) is 16.4. The predicted molar refractivity (Wildman–Crippen MR) is 128 cm³/mol. The molecular formula is C26H29FN2O4S. The second-order valence-corrected chi connectivity index (χ2v) is 9.81. The van der Waals surface area contributed by atoms with Crippen molar-refractivity contribution < 1.29 is 23.1 Å². The van der Waals surface area contributed by atoms with E-state index in [0.717, 1.165) is 18.4 Å². The number of thiophene rings is 1. The Labute approximate surface area is 202 Å². The van der Waals surface area contributed by atoms with Crippen molar-refractivity contribution in [1.29, 1.82) is 0 Å². The van der Waals surface area contributed by atoms with Crippen molar-refractivity contribution in [2.24, 2.45) is 5.92 Å². The molecule has 3 aromatic rings. The average Bonchev–Trinajstić information content (AvgIpc) is 3.51. The van der Waals surface area contributed by atoms with E-state index in [2.05, 4.69) is 13.8 Å². The Morgan fingerprint density at radius 3 is 2.85 bits per heavy atom. The lowest BCUT2D eigenvalue weighted by molar-refractivity contribution is -0.135. The number of carbonyl (C=O) groups is 2. The van der Waals surface area contributed by atoms with E-state index >= 15 is 0 Å². The normalized spacial score (nSPS) is 15.3. The lowest BCUT2D eigenvalue weighted by Gasteiger charge is -2.37. The van der Waals surface area contributed by atoms with Gasteiger partial charge in [0.1, 0.15) is 24.7 Å². The molecule has 4 rings (SSSR count). The first kappa shape index (κ1) is 24.0. The SMILES string of the molecule is CC(C)CCN(CC(=O)N1CCc2sccc2C1COc1cccc(F)c1)C(=O)c1ccco1. The third-order valence-electron chi connectivity index (χ3n) is 5.94. The number of amides is 2. The van der Waals surface area contributed by atoms with Gasteiger partial charge < -0.3 is 19.0 Å². The Kier molecular flexibility index (Phi) is 7.67. The molecule has 2 amide bonds. The van der Waals surface area contributed by atoms with Gasteiger partial charge in [-0.2, -0.15) is 0 Å². The minimum atomic E-state index is -0.373. The second kappa shape index (κ2) is 10.9. The molecule has 34 heavy (non-hydrogen) atoms. The van der Waals surface area contributed by atoms with Gasteiger partial charge in [0.15, 0.2) is 5.76 Å². The minimum Gasteiger partial charge on any atom is -0.491 e. The Balaban J connectivity index is 1.52. The highest BCUT2D eigenvalue weighted by molar-refractivity contribution is 7.10. The van der Waals surface area contributed by atoms with Crippen molar-refractivity contribution >= 4 is 23.2 Å². The topological polar surface area (TPSA) is 63.0 Å². The number of furan rings is 1. The fraction of sp³-hybridized carbons (Fsp3) is 0.385. The molecule has 0 aliphatic carbocycles.